The van der Waals surface area contributed by atoms with E-state index in [0.29, 0.717) is 11.1 Å². The lowest BCUT2D eigenvalue weighted by Gasteiger charge is -2.11. The van der Waals surface area contributed by atoms with Crippen molar-refractivity contribution in [2.24, 2.45) is 0 Å². The minimum absolute atomic E-state index is 0.188. The Morgan fingerprint density at radius 3 is 2.26 bits per heavy atom. The minimum Gasteiger partial charge on any atom is -0.465 e. The Kier molecular flexibility index (Phi) is 7.40. The van der Waals surface area contributed by atoms with Crippen molar-refractivity contribution in [3.8, 4) is 11.8 Å². The van der Waals surface area contributed by atoms with E-state index < -0.39 is 12.0 Å². The van der Waals surface area contributed by atoms with Crippen LogP contribution in [0.25, 0.3) is 0 Å². The van der Waals surface area contributed by atoms with E-state index in [-0.39, 0.29) is 23.6 Å². The Hall–Kier alpha value is -3.64. The van der Waals surface area contributed by atoms with Gasteiger partial charge in [0.25, 0.3) is 0 Å². The molecule has 154 valence electrons. The van der Waals surface area contributed by atoms with Crippen LogP contribution in [0.3, 0.4) is 0 Å². The predicted molar refractivity (Wildman–Crippen MR) is 127 cm³/mol. The number of nitrogens with one attached hydrogen (secondary N) is 2. The van der Waals surface area contributed by atoms with Crippen molar-refractivity contribution in [1.29, 1.82) is 0 Å². The van der Waals surface area contributed by atoms with E-state index in [2.05, 4.69) is 45.1 Å². The summed E-state index contributed by atoms with van der Waals surface area (Å²) in [5.41, 5.74) is 2.26. The monoisotopic (exact) mass is 524 g/mol. The van der Waals surface area contributed by atoms with Gasteiger partial charge >= 0.3 is 6.09 Å². The van der Waals surface area contributed by atoms with Crippen molar-refractivity contribution in [2.75, 3.05) is 10.6 Å². The van der Waals surface area contributed by atoms with Gasteiger partial charge in [0.05, 0.1) is 17.8 Å². The summed E-state index contributed by atoms with van der Waals surface area (Å²) in [6.45, 7) is 0. The van der Waals surface area contributed by atoms with Gasteiger partial charge in [0, 0.05) is 20.3 Å². The van der Waals surface area contributed by atoms with Crippen molar-refractivity contribution in [3.05, 3.63) is 93.1 Å². The number of Topliss-reactive ketones (excluding diaryl/α,β-unsaturated/α-hetero) is 1. The first kappa shape index (κ1) is 22.1. The molecule has 0 heterocycles. The summed E-state index contributed by atoms with van der Waals surface area (Å²) in [6.07, 6.45) is -1.64. The van der Waals surface area contributed by atoms with E-state index >= 15 is 0 Å². The summed E-state index contributed by atoms with van der Waals surface area (Å²) < 4.78 is 0.890. The van der Waals surface area contributed by atoms with Gasteiger partial charge in [-0.15, -0.1) is 0 Å². The highest BCUT2D eigenvalue weighted by molar-refractivity contribution is 14.1. The standard InChI is InChI=1S/C24H17IN2O4/c25-19-8-4-7-18(14-19)22(28)15-23(29)26-21-13-17(11-12-20(21)27-24(30)31)10-9-16-5-2-1-3-6-16/h1-8,11-14,27H,15H2,(H,26,29)(H,30,31). The smallest absolute Gasteiger partial charge is 0.409 e. The lowest BCUT2D eigenvalue weighted by atomic mass is 10.1. The van der Waals surface area contributed by atoms with Gasteiger partial charge < -0.3 is 10.4 Å². The number of carbonyl (C=O) groups excluding carboxylic acids is 2. The Bertz CT molecular complexity index is 1200. The molecule has 0 aromatic heterocycles. The molecule has 0 fully saturated rings. The van der Waals surface area contributed by atoms with E-state index in [0.717, 1.165) is 9.13 Å². The molecule has 0 aliphatic rings. The van der Waals surface area contributed by atoms with Crippen molar-refractivity contribution in [2.45, 2.75) is 6.42 Å². The number of benzene rings is 3. The van der Waals surface area contributed by atoms with Crippen molar-refractivity contribution in [3.63, 3.8) is 0 Å². The Morgan fingerprint density at radius 1 is 0.806 bits per heavy atom. The van der Waals surface area contributed by atoms with Crippen LogP contribution in [-0.4, -0.2) is 22.9 Å². The first-order valence-electron chi connectivity index (χ1n) is 9.20. The van der Waals surface area contributed by atoms with Crippen LogP contribution in [0.1, 0.15) is 27.9 Å². The van der Waals surface area contributed by atoms with Gasteiger partial charge in [0.15, 0.2) is 5.78 Å². The molecule has 0 radical (unpaired) electrons. The Labute approximate surface area is 192 Å². The maximum Gasteiger partial charge on any atom is 0.409 e. The number of rotatable bonds is 5. The molecule has 0 saturated carbocycles. The lowest BCUT2D eigenvalue weighted by molar-refractivity contribution is -0.115. The molecule has 0 aliphatic heterocycles. The fourth-order valence-corrected chi connectivity index (χ4v) is 3.26. The third-order valence-corrected chi connectivity index (χ3v) is 4.80. The average molecular weight is 524 g/mol. The third kappa shape index (κ3) is 6.69. The second-order valence-corrected chi connectivity index (χ2v) is 7.71. The topological polar surface area (TPSA) is 95.5 Å². The first-order chi connectivity index (χ1) is 14.9. The van der Waals surface area contributed by atoms with Crippen LogP contribution in [0.4, 0.5) is 16.2 Å². The minimum atomic E-state index is -1.27. The van der Waals surface area contributed by atoms with Crippen molar-refractivity contribution < 1.29 is 19.5 Å². The number of amides is 2. The molecule has 31 heavy (non-hydrogen) atoms. The van der Waals surface area contributed by atoms with E-state index in [1.54, 1.807) is 30.3 Å². The molecule has 3 aromatic carbocycles. The normalized spacial score (nSPS) is 9.84. The maximum absolute atomic E-state index is 12.5. The van der Waals surface area contributed by atoms with Crippen LogP contribution in [0.5, 0.6) is 0 Å². The zero-order chi connectivity index (χ0) is 22.2. The Balaban J connectivity index is 1.80. The molecule has 2 amide bonds. The van der Waals surface area contributed by atoms with Gasteiger partial charge in [-0.2, -0.15) is 0 Å². The van der Waals surface area contributed by atoms with E-state index in [9.17, 15) is 14.4 Å². The van der Waals surface area contributed by atoms with Crippen LogP contribution in [0, 0.1) is 15.4 Å². The first-order valence-corrected chi connectivity index (χ1v) is 10.3. The molecule has 0 unspecified atom stereocenters. The molecule has 0 atom stereocenters. The predicted octanol–water partition coefficient (Wildman–Crippen LogP) is 4.99. The second kappa shape index (κ2) is 10.4. The van der Waals surface area contributed by atoms with Gasteiger partial charge in [-0.3, -0.25) is 14.9 Å². The number of halogens is 1. The summed E-state index contributed by atoms with van der Waals surface area (Å²) >= 11 is 2.09. The summed E-state index contributed by atoms with van der Waals surface area (Å²) in [5, 5.41) is 13.9. The number of hydrogen-bond donors (Lipinski definition) is 3. The van der Waals surface area contributed by atoms with Gasteiger partial charge in [0.1, 0.15) is 0 Å². The number of ketones is 1. The fraction of sp³-hybridized carbons (Fsp3) is 0.0417. The highest BCUT2D eigenvalue weighted by Crippen LogP contribution is 2.24. The second-order valence-electron chi connectivity index (χ2n) is 6.47. The molecule has 0 saturated heterocycles. The number of carboxylic acid groups (broad SMARTS) is 1. The van der Waals surface area contributed by atoms with Gasteiger partial charge in [-0.25, -0.2) is 4.79 Å². The van der Waals surface area contributed by atoms with E-state index in [4.69, 9.17) is 5.11 Å². The number of carbonyl (C=O) groups is 3. The van der Waals surface area contributed by atoms with Crippen LogP contribution in [0.15, 0.2) is 72.8 Å². The van der Waals surface area contributed by atoms with E-state index in [1.165, 1.54) is 6.07 Å². The summed E-state index contributed by atoms with van der Waals surface area (Å²) in [6, 6.07) is 21.0. The fourth-order valence-electron chi connectivity index (χ4n) is 2.72. The van der Waals surface area contributed by atoms with Crippen LogP contribution < -0.4 is 10.6 Å². The highest BCUT2D eigenvalue weighted by Gasteiger charge is 2.15. The van der Waals surface area contributed by atoms with Crippen LogP contribution >= 0.6 is 22.6 Å². The molecule has 3 rings (SSSR count). The average Bonchev–Trinajstić information content (AvgIpc) is 2.74. The zero-order valence-electron chi connectivity index (χ0n) is 16.2. The molecule has 0 aliphatic carbocycles. The maximum atomic E-state index is 12.5. The summed E-state index contributed by atoms with van der Waals surface area (Å²) in [5.74, 6) is 5.11. The largest absolute Gasteiger partial charge is 0.465 e. The van der Waals surface area contributed by atoms with Crippen molar-refractivity contribution in [1.82, 2.24) is 0 Å². The molecule has 0 bridgehead atoms. The summed E-state index contributed by atoms with van der Waals surface area (Å²) in [4.78, 5) is 35.9. The SMILES string of the molecule is O=C(O)Nc1ccc(C#Cc2ccccc2)cc1NC(=O)CC(=O)c1cccc(I)c1. The van der Waals surface area contributed by atoms with Crippen LogP contribution in [-0.2, 0) is 4.79 Å². The quantitative estimate of drug-likeness (QED) is 0.190. The highest BCUT2D eigenvalue weighted by atomic mass is 127. The molecule has 3 aromatic rings. The number of anilines is 2. The molecule has 6 nitrogen and oxygen atoms in total. The van der Waals surface area contributed by atoms with Crippen LogP contribution in [0.2, 0.25) is 0 Å². The third-order valence-electron chi connectivity index (χ3n) is 4.13. The molecule has 3 N–H and O–H groups in total. The number of hydrogen-bond acceptors (Lipinski definition) is 3. The lowest BCUT2D eigenvalue weighted by Crippen LogP contribution is -2.18. The van der Waals surface area contributed by atoms with Gasteiger partial charge in [-0.1, -0.05) is 42.2 Å². The Morgan fingerprint density at radius 2 is 1.55 bits per heavy atom. The van der Waals surface area contributed by atoms with Gasteiger partial charge in [0.2, 0.25) is 5.91 Å². The van der Waals surface area contributed by atoms with Crippen molar-refractivity contribution >= 4 is 51.7 Å². The van der Waals surface area contributed by atoms with E-state index in [1.807, 2.05) is 36.4 Å². The zero-order valence-corrected chi connectivity index (χ0v) is 18.3. The summed E-state index contributed by atoms with van der Waals surface area (Å²) in [7, 11) is 0. The molecule has 7 heteroatoms. The molecular weight excluding hydrogens is 507 g/mol. The van der Waals surface area contributed by atoms with Gasteiger partial charge in [-0.05, 0) is 65.1 Å². The molecule has 0 spiro atoms. The molecular formula is C24H17IN2O4.